The molecule has 0 radical (unpaired) electrons. The van der Waals surface area contributed by atoms with Gasteiger partial charge in [0.05, 0.1) is 21.3 Å². The largest absolute Gasteiger partial charge is 0.493 e. The molecule has 4 heteroatoms. The molecule has 1 unspecified atom stereocenters. The number of benzene rings is 1. The Bertz CT molecular complexity index is 418. The average molecular weight is 301 g/mol. The summed E-state index contributed by atoms with van der Waals surface area (Å²) in [7, 11) is 4.96. The summed E-state index contributed by atoms with van der Waals surface area (Å²) in [5.41, 5.74) is 2.49. The first-order valence-electron chi connectivity index (χ1n) is 5.68. The van der Waals surface area contributed by atoms with Crippen LogP contribution in [0.1, 0.15) is 28.8 Å². The van der Waals surface area contributed by atoms with E-state index < -0.39 is 0 Å². The lowest BCUT2D eigenvalue weighted by Gasteiger charge is -2.25. The predicted octanol–water partition coefficient (Wildman–Crippen LogP) is 3.48. The lowest BCUT2D eigenvalue weighted by Crippen LogP contribution is -2.09. The molecule has 0 N–H and O–H groups in total. The van der Waals surface area contributed by atoms with Gasteiger partial charge in [0.1, 0.15) is 0 Å². The lowest BCUT2D eigenvalue weighted by molar-refractivity contribution is 0.320. The topological polar surface area (TPSA) is 27.7 Å². The molecule has 0 spiro atoms. The summed E-state index contributed by atoms with van der Waals surface area (Å²) >= 11 is 3.71. The third kappa shape index (κ3) is 2.10. The zero-order chi connectivity index (χ0) is 12.4. The Morgan fingerprint density at radius 2 is 1.82 bits per heavy atom. The van der Waals surface area contributed by atoms with Crippen molar-refractivity contribution in [1.29, 1.82) is 0 Å². The smallest absolute Gasteiger partial charge is 0.203 e. The van der Waals surface area contributed by atoms with Gasteiger partial charge >= 0.3 is 0 Å². The Balaban J connectivity index is 2.64. The van der Waals surface area contributed by atoms with Gasteiger partial charge in [-0.15, -0.1) is 0 Å². The van der Waals surface area contributed by atoms with Crippen molar-refractivity contribution in [3.05, 3.63) is 17.2 Å². The van der Waals surface area contributed by atoms with Crippen LogP contribution in [0.15, 0.2) is 6.07 Å². The van der Waals surface area contributed by atoms with Gasteiger partial charge in [-0.05, 0) is 30.9 Å². The van der Waals surface area contributed by atoms with Crippen molar-refractivity contribution in [2.45, 2.75) is 24.1 Å². The van der Waals surface area contributed by atoms with Gasteiger partial charge in [0.2, 0.25) is 5.75 Å². The summed E-state index contributed by atoms with van der Waals surface area (Å²) in [6.45, 7) is 0. The second-order valence-electron chi connectivity index (χ2n) is 4.07. The van der Waals surface area contributed by atoms with Gasteiger partial charge in [0.15, 0.2) is 11.5 Å². The molecule has 1 aliphatic rings. The van der Waals surface area contributed by atoms with Crippen LogP contribution in [0.4, 0.5) is 0 Å². The fourth-order valence-corrected chi connectivity index (χ4v) is 3.12. The van der Waals surface area contributed by atoms with Crippen molar-refractivity contribution in [1.82, 2.24) is 0 Å². The van der Waals surface area contributed by atoms with Crippen molar-refractivity contribution in [3.63, 3.8) is 0 Å². The standard InChI is InChI=1S/C13H17BrO3/c1-15-11-7-9-8(5-4-6-10(9)14)12(16-2)13(11)17-3/h7,10H,4-6H2,1-3H3. The highest BCUT2D eigenvalue weighted by Gasteiger charge is 2.26. The number of ether oxygens (including phenoxy) is 3. The molecule has 17 heavy (non-hydrogen) atoms. The fourth-order valence-electron chi connectivity index (χ4n) is 2.39. The first-order valence-corrected chi connectivity index (χ1v) is 6.60. The van der Waals surface area contributed by atoms with Crippen LogP contribution in [0, 0.1) is 0 Å². The molecular formula is C13H17BrO3. The maximum absolute atomic E-state index is 5.50. The van der Waals surface area contributed by atoms with Crippen LogP contribution in [-0.2, 0) is 6.42 Å². The zero-order valence-electron chi connectivity index (χ0n) is 10.4. The SMILES string of the molecule is COc1cc2c(c(OC)c1OC)CCCC2Br. The summed E-state index contributed by atoms with van der Waals surface area (Å²) in [5.74, 6) is 2.23. The van der Waals surface area contributed by atoms with Crippen LogP contribution in [0.5, 0.6) is 17.2 Å². The molecule has 0 amide bonds. The first kappa shape index (κ1) is 12.6. The zero-order valence-corrected chi connectivity index (χ0v) is 12.0. The van der Waals surface area contributed by atoms with Gasteiger partial charge in [-0.25, -0.2) is 0 Å². The van der Waals surface area contributed by atoms with E-state index in [0.29, 0.717) is 10.6 Å². The minimum absolute atomic E-state index is 0.375. The molecule has 0 saturated heterocycles. The molecular weight excluding hydrogens is 284 g/mol. The van der Waals surface area contributed by atoms with Crippen LogP contribution in [0.25, 0.3) is 0 Å². The molecule has 2 rings (SSSR count). The summed E-state index contributed by atoms with van der Waals surface area (Å²) in [6, 6.07) is 2.05. The lowest BCUT2D eigenvalue weighted by atomic mass is 9.90. The number of hydrogen-bond donors (Lipinski definition) is 0. The highest BCUT2D eigenvalue weighted by molar-refractivity contribution is 9.09. The molecule has 0 fully saturated rings. The summed E-state index contributed by atoms with van der Waals surface area (Å²) < 4.78 is 16.3. The number of hydrogen-bond acceptors (Lipinski definition) is 3. The van der Waals surface area contributed by atoms with Crippen LogP contribution >= 0.6 is 15.9 Å². The normalized spacial score (nSPS) is 18.5. The van der Waals surface area contributed by atoms with Crippen LogP contribution < -0.4 is 14.2 Å². The van der Waals surface area contributed by atoms with E-state index in [1.165, 1.54) is 11.1 Å². The average Bonchev–Trinajstić information content (AvgIpc) is 2.36. The van der Waals surface area contributed by atoms with Gasteiger partial charge in [0, 0.05) is 10.4 Å². The first-order chi connectivity index (χ1) is 8.22. The van der Waals surface area contributed by atoms with E-state index in [2.05, 4.69) is 22.0 Å². The number of halogens is 1. The van der Waals surface area contributed by atoms with Crippen LogP contribution in [0.3, 0.4) is 0 Å². The molecule has 0 aliphatic heterocycles. The van der Waals surface area contributed by atoms with Gasteiger partial charge in [-0.3, -0.25) is 0 Å². The molecule has 3 nitrogen and oxygen atoms in total. The third-order valence-electron chi connectivity index (χ3n) is 3.19. The molecule has 0 heterocycles. The predicted molar refractivity (Wildman–Crippen MR) is 70.7 cm³/mol. The van der Waals surface area contributed by atoms with Crippen molar-refractivity contribution >= 4 is 15.9 Å². The monoisotopic (exact) mass is 300 g/mol. The van der Waals surface area contributed by atoms with E-state index in [0.717, 1.165) is 30.8 Å². The molecule has 1 aromatic carbocycles. The van der Waals surface area contributed by atoms with Crippen molar-refractivity contribution in [3.8, 4) is 17.2 Å². The van der Waals surface area contributed by atoms with Gasteiger partial charge in [-0.1, -0.05) is 15.9 Å². The van der Waals surface area contributed by atoms with E-state index in [1.807, 2.05) is 0 Å². The maximum atomic E-state index is 5.50. The minimum atomic E-state index is 0.375. The molecule has 0 bridgehead atoms. The molecule has 1 atom stereocenters. The number of alkyl halides is 1. The number of fused-ring (bicyclic) bond motifs is 1. The second-order valence-corrected chi connectivity index (χ2v) is 5.18. The molecule has 94 valence electrons. The number of rotatable bonds is 3. The molecule has 0 saturated carbocycles. The number of methoxy groups -OCH3 is 3. The van der Waals surface area contributed by atoms with E-state index in [9.17, 15) is 0 Å². The highest BCUT2D eigenvalue weighted by Crippen LogP contribution is 2.48. The van der Waals surface area contributed by atoms with Crippen molar-refractivity contribution < 1.29 is 14.2 Å². The third-order valence-corrected chi connectivity index (χ3v) is 4.14. The van der Waals surface area contributed by atoms with E-state index >= 15 is 0 Å². The quantitative estimate of drug-likeness (QED) is 0.800. The maximum Gasteiger partial charge on any atom is 0.203 e. The Kier molecular flexibility index (Phi) is 3.82. The molecule has 0 aromatic heterocycles. The second kappa shape index (κ2) is 5.17. The van der Waals surface area contributed by atoms with Gasteiger partial charge < -0.3 is 14.2 Å². The Hall–Kier alpha value is -0.900. The van der Waals surface area contributed by atoms with E-state index in [-0.39, 0.29) is 0 Å². The van der Waals surface area contributed by atoms with Gasteiger partial charge in [-0.2, -0.15) is 0 Å². The minimum Gasteiger partial charge on any atom is -0.493 e. The fraction of sp³-hybridized carbons (Fsp3) is 0.538. The Labute approximate surface area is 110 Å². The van der Waals surface area contributed by atoms with Crippen molar-refractivity contribution in [2.75, 3.05) is 21.3 Å². The van der Waals surface area contributed by atoms with E-state index in [4.69, 9.17) is 14.2 Å². The Morgan fingerprint density at radius 3 is 2.41 bits per heavy atom. The van der Waals surface area contributed by atoms with Crippen LogP contribution in [-0.4, -0.2) is 21.3 Å². The highest BCUT2D eigenvalue weighted by atomic mass is 79.9. The Morgan fingerprint density at radius 1 is 1.12 bits per heavy atom. The van der Waals surface area contributed by atoms with E-state index in [1.54, 1.807) is 21.3 Å². The summed E-state index contributed by atoms with van der Waals surface area (Å²) in [5, 5.41) is 0. The summed E-state index contributed by atoms with van der Waals surface area (Å²) in [6.07, 6.45) is 3.33. The molecule has 1 aliphatic carbocycles. The summed E-state index contributed by atoms with van der Waals surface area (Å²) in [4.78, 5) is 0.375. The van der Waals surface area contributed by atoms with Crippen LogP contribution in [0.2, 0.25) is 0 Å². The van der Waals surface area contributed by atoms with Gasteiger partial charge in [0.25, 0.3) is 0 Å². The van der Waals surface area contributed by atoms with Crippen molar-refractivity contribution in [2.24, 2.45) is 0 Å². The molecule has 1 aromatic rings.